The van der Waals surface area contributed by atoms with Gasteiger partial charge in [-0.25, -0.2) is 24.5 Å². The van der Waals surface area contributed by atoms with E-state index in [1.165, 1.54) is 17.3 Å². The van der Waals surface area contributed by atoms with Crippen LogP contribution in [0.1, 0.15) is 12.1 Å². The van der Waals surface area contributed by atoms with E-state index in [9.17, 15) is 9.59 Å². The van der Waals surface area contributed by atoms with Crippen LogP contribution < -0.4 is 10.1 Å². The monoisotopic (exact) mass is 302 g/mol. The van der Waals surface area contributed by atoms with E-state index in [4.69, 9.17) is 10.00 Å². The molecule has 0 spiro atoms. The third-order valence-electron chi connectivity index (χ3n) is 3.55. The number of nitrogens with one attached hydrogen (secondary N) is 1. The van der Waals surface area contributed by atoms with Crippen molar-refractivity contribution < 1.29 is 14.3 Å². The zero-order valence-corrected chi connectivity index (χ0v) is 11.7. The zero-order valence-electron chi connectivity index (χ0n) is 11.7. The summed E-state index contributed by atoms with van der Waals surface area (Å²) in [7, 11) is 0. The number of likely N-dealkylation sites (tertiary alicyclic amines) is 1. The molecule has 1 atom stereocenters. The maximum atomic E-state index is 12.2. The van der Waals surface area contributed by atoms with Gasteiger partial charge in [-0.1, -0.05) is 0 Å². The van der Waals surface area contributed by atoms with E-state index in [0.29, 0.717) is 32.6 Å². The fraction of sp³-hybridized carbons (Fsp3) is 0.462. The Balaban J connectivity index is 1.62. The Kier molecular flexibility index (Phi) is 3.74. The number of aromatic nitrogens is 2. The van der Waals surface area contributed by atoms with Crippen molar-refractivity contribution in [2.24, 2.45) is 0 Å². The Morgan fingerprint density at radius 2 is 2.23 bits per heavy atom. The Morgan fingerprint density at radius 1 is 1.41 bits per heavy atom. The lowest BCUT2D eigenvalue weighted by Gasteiger charge is -2.21. The SMILES string of the molecule is N#Cc1nccnc1OC1CCN(C(=O)N2CCNC2=O)C1. The molecular weight excluding hydrogens is 288 g/mol. The molecule has 2 aliphatic heterocycles. The molecule has 2 aliphatic rings. The van der Waals surface area contributed by atoms with Crippen molar-refractivity contribution >= 4 is 12.1 Å². The van der Waals surface area contributed by atoms with Gasteiger partial charge in [0, 0.05) is 38.4 Å². The summed E-state index contributed by atoms with van der Waals surface area (Å²) >= 11 is 0. The highest BCUT2D eigenvalue weighted by Crippen LogP contribution is 2.19. The Labute approximate surface area is 126 Å². The number of hydrogen-bond acceptors (Lipinski definition) is 6. The summed E-state index contributed by atoms with van der Waals surface area (Å²) in [6.07, 6.45) is 3.21. The normalized spacial score (nSPS) is 20.7. The average Bonchev–Trinajstić information content (AvgIpc) is 3.16. The van der Waals surface area contributed by atoms with Gasteiger partial charge < -0.3 is 15.0 Å². The van der Waals surface area contributed by atoms with E-state index in [1.807, 2.05) is 6.07 Å². The number of carbonyl (C=O) groups excluding carboxylic acids is 2. The lowest BCUT2D eigenvalue weighted by Crippen LogP contribution is -2.44. The number of urea groups is 2. The van der Waals surface area contributed by atoms with Gasteiger partial charge in [0.1, 0.15) is 12.2 Å². The van der Waals surface area contributed by atoms with Crippen molar-refractivity contribution in [2.75, 3.05) is 26.2 Å². The summed E-state index contributed by atoms with van der Waals surface area (Å²) in [6, 6.07) is 1.23. The molecule has 0 radical (unpaired) electrons. The minimum absolute atomic E-state index is 0.117. The molecule has 0 bridgehead atoms. The van der Waals surface area contributed by atoms with Gasteiger partial charge in [0.25, 0.3) is 5.88 Å². The second-order valence-corrected chi connectivity index (χ2v) is 4.96. The molecule has 1 unspecified atom stereocenters. The molecule has 114 valence electrons. The topological polar surface area (TPSA) is 111 Å². The number of nitriles is 1. The smallest absolute Gasteiger partial charge is 0.328 e. The molecule has 1 aromatic rings. The largest absolute Gasteiger partial charge is 0.470 e. The van der Waals surface area contributed by atoms with E-state index in [0.717, 1.165) is 0 Å². The first kappa shape index (κ1) is 14.1. The van der Waals surface area contributed by atoms with Crippen molar-refractivity contribution in [3.05, 3.63) is 18.1 Å². The quantitative estimate of drug-likeness (QED) is 0.819. The number of ether oxygens (including phenoxy) is 1. The first-order chi connectivity index (χ1) is 10.7. The van der Waals surface area contributed by atoms with Gasteiger partial charge in [-0.15, -0.1) is 0 Å². The molecule has 4 amide bonds. The summed E-state index contributed by atoms with van der Waals surface area (Å²) < 4.78 is 5.66. The van der Waals surface area contributed by atoms with Gasteiger partial charge in [0.05, 0.1) is 6.54 Å². The lowest BCUT2D eigenvalue weighted by molar-refractivity contribution is 0.160. The second kappa shape index (κ2) is 5.85. The molecule has 2 saturated heterocycles. The zero-order chi connectivity index (χ0) is 15.5. The molecule has 2 fully saturated rings. The van der Waals surface area contributed by atoms with Crippen LogP contribution in [0.3, 0.4) is 0 Å². The van der Waals surface area contributed by atoms with Gasteiger partial charge in [-0.05, 0) is 0 Å². The number of imide groups is 1. The van der Waals surface area contributed by atoms with Crippen LogP contribution in [0, 0.1) is 11.3 Å². The predicted molar refractivity (Wildman–Crippen MR) is 72.9 cm³/mol. The number of rotatable bonds is 2. The highest BCUT2D eigenvalue weighted by molar-refractivity contribution is 5.95. The van der Waals surface area contributed by atoms with E-state index in [-0.39, 0.29) is 29.7 Å². The van der Waals surface area contributed by atoms with Crippen molar-refractivity contribution in [1.82, 2.24) is 25.1 Å². The third-order valence-corrected chi connectivity index (χ3v) is 3.55. The fourth-order valence-corrected chi connectivity index (χ4v) is 2.47. The van der Waals surface area contributed by atoms with Gasteiger partial charge in [-0.3, -0.25) is 0 Å². The van der Waals surface area contributed by atoms with Gasteiger partial charge in [0.2, 0.25) is 5.69 Å². The molecule has 0 saturated carbocycles. The van der Waals surface area contributed by atoms with Crippen molar-refractivity contribution in [1.29, 1.82) is 5.26 Å². The number of nitrogens with zero attached hydrogens (tertiary/aromatic N) is 5. The molecule has 1 N–H and O–H groups in total. The van der Waals surface area contributed by atoms with Gasteiger partial charge in [-0.2, -0.15) is 5.26 Å². The predicted octanol–water partition coefficient (Wildman–Crippen LogP) is -0.0534. The standard InChI is InChI=1S/C13H14N6O3/c14-7-10-11(16-3-2-15-10)22-9-1-5-18(8-9)13(21)19-6-4-17-12(19)20/h2-3,9H,1,4-6,8H2,(H,17,20). The maximum absolute atomic E-state index is 12.2. The van der Waals surface area contributed by atoms with Crippen molar-refractivity contribution in [3.8, 4) is 11.9 Å². The molecular formula is C13H14N6O3. The van der Waals surface area contributed by atoms with Gasteiger partial charge in [0.15, 0.2) is 0 Å². The fourth-order valence-electron chi connectivity index (χ4n) is 2.47. The van der Waals surface area contributed by atoms with Crippen LogP contribution in [0.5, 0.6) is 5.88 Å². The second-order valence-electron chi connectivity index (χ2n) is 4.96. The lowest BCUT2D eigenvalue weighted by atomic mass is 10.3. The number of carbonyl (C=O) groups is 2. The number of amides is 4. The molecule has 3 rings (SSSR count). The van der Waals surface area contributed by atoms with E-state index in [2.05, 4.69) is 15.3 Å². The van der Waals surface area contributed by atoms with E-state index < -0.39 is 0 Å². The van der Waals surface area contributed by atoms with Crippen LogP contribution in [0.4, 0.5) is 9.59 Å². The van der Waals surface area contributed by atoms with Gasteiger partial charge >= 0.3 is 12.1 Å². The van der Waals surface area contributed by atoms with Crippen LogP contribution in [-0.4, -0.2) is 64.1 Å². The molecule has 9 nitrogen and oxygen atoms in total. The summed E-state index contributed by atoms with van der Waals surface area (Å²) in [5.41, 5.74) is 0.117. The highest BCUT2D eigenvalue weighted by Gasteiger charge is 2.35. The van der Waals surface area contributed by atoms with Crippen LogP contribution in [-0.2, 0) is 0 Å². The summed E-state index contributed by atoms with van der Waals surface area (Å²) in [5.74, 6) is 0.170. The Hall–Kier alpha value is -2.89. The first-order valence-corrected chi connectivity index (χ1v) is 6.91. The molecule has 22 heavy (non-hydrogen) atoms. The van der Waals surface area contributed by atoms with Crippen LogP contribution in [0.2, 0.25) is 0 Å². The van der Waals surface area contributed by atoms with Crippen LogP contribution >= 0.6 is 0 Å². The summed E-state index contributed by atoms with van der Waals surface area (Å²) in [5, 5.41) is 11.6. The molecule has 1 aromatic heterocycles. The minimum atomic E-state index is -0.366. The Bertz CT molecular complexity index is 643. The molecule has 3 heterocycles. The van der Waals surface area contributed by atoms with Crippen LogP contribution in [0.25, 0.3) is 0 Å². The average molecular weight is 302 g/mol. The summed E-state index contributed by atoms with van der Waals surface area (Å²) in [6.45, 7) is 1.70. The minimum Gasteiger partial charge on any atom is -0.470 e. The molecule has 0 aromatic carbocycles. The summed E-state index contributed by atoms with van der Waals surface area (Å²) in [4.78, 5) is 34.4. The first-order valence-electron chi connectivity index (χ1n) is 6.91. The van der Waals surface area contributed by atoms with Crippen molar-refractivity contribution in [2.45, 2.75) is 12.5 Å². The number of hydrogen-bond donors (Lipinski definition) is 1. The third kappa shape index (κ3) is 2.63. The highest BCUT2D eigenvalue weighted by atomic mass is 16.5. The molecule has 0 aliphatic carbocycles. The van der Waals surface area contributed by atoms with E-state index >= 15 is 0 Å². The van der Waals surface area contributed by atoms with Crippen LogP contribution in [0.15, 0.2) is 12.4 Å². The van der Waals surface area contributed by atoms with Crippen molar-refractivity contribution in [3.63, 3.8) is 0 Å². The molecule has 9 heteroatoms. The Morgan fingerprint density at radius 3 is 2.95 bits per heavy atom. The maximum Gasteiger partial charge on any atom is 0.328 e. The van der Waals surface area contributed by atoms with E-state index in [1.54, 1.807) is 4.90 Å².